The Labute approximate surface area is 210 Å². The van der Waals surface area contributed by atoms with Crippen LogP contribution in [0.15, 0.2) is 91.3 Å². The highest BCUT2D eigenvalue weighted by molar-refractivity contribution is 6.36. The van der Waals surface area contributed by atoms with E-state index in [9.17, 15) is 0 Å². The summed E-state index contributed by atoms with van der Waals surface area (Å²) in [5, 5.41) is 8.01. The molecule has 1 atom stereocenters. The number of benzene rings is 4. The van der Waals surface area contributed by atoms with Gasteiger partial charge >= 0.3 is 0 Å². The molecule has 0 fully saturated rings. The lowest BCUT2D eigenvalue weighted by Gasteiger charge is -2.29. The molecule has 0 bridgehead atoms. The average molecular weight is 495 g/mol. The Morgan fingerprint density at radius 2 is 1.66 bits per heavy atom. The van der Waals surface area contributed by atoms with Gasteiger partial charge in [-0.25, -0.2) is 14.5 Å². The Kier molecular flexibility index (Phi) is 4.56. The maximum absolute atomic E-state index is 6.48. The molecule has 0 aliphatic carbocycles. The summed E-state index contributed by atoms with van der Waals surface area (Å²) in [7, 11) is 0. The van der Waals surface area contributed by atoms with E-state index in [2.05, 4.69) is 46.5 Å². The second-order valence-electron chi connectivity index (χ2n) is 8.44. The Morgan fingerprint density at radius 1 is 0.829 bits per heavy atom. The molecule has 0 unspecified atom stereocenters. The van der Waals surface area contributed by atoms with Crippen molar-refractivity contribution in [2.24, 2.45) is 0 Å². The minimum absolute atomic E-state index is 0.144. The van der Waals surface area contributed by atoms with Crippen LogP contribution in [0.5, 0.6) is 11.6 Å². The van der Waals surface area contributed by atoms with Crippen LogP contribution in [0.1, 0.15) is 22.6 Å². The van der Waals surface area contributed by atoms with Crippen molar-refractivity contribution in [1.29, 1.82) is 0 Å². The molecule has 4 aromatic carbocycles. The second-order valence-corrected chi connectivity index (χ2v) is 9.28. The van der Waals surface area contributed by atoms with Crippen molar-refractivity contribution in [2.45, 2.75) is 5.92 Å². The summed E-state index contributed by atoms with van der Waals surface area (Å²) in [6, 6.07) is 28.1. The summed E-state index contributed by atoms with van der Waals surface area (Å²) >= 11 is 12.6. The van der Waals surface area contributed by atoms with Gasteiger partial charge in [0.1, 0.15) is 12.1 Å². The quantitative estimate of drug-likeness (QED) is 0.249. The van der Waals surface area contributed by atoms with Crippen molar-refractivity contribution in [3.63, 3.8) is 0 Å². The van der Waals surface area contributed by atoms with E-state index in [-0.39, 0.29) is 5.92 Å². The molecule has 6 aromatic rings. The number of ether oxygens (including phenoxy) is 1. The van der Waals surface area contributed by atoms with Gasteiger partial charge in [0.15, 0.2) is 11.5 Å². The van der Waals surface area contributed by atoms with Gasteiger partial charge in [0.25, 0.3) is 0 Å². The summed E-state index contributed by atoms with van der Waals surface area (Å²) in [5.41, 5.74) is 4.45. The lowest BCUT2D eigenvalue weighted by Crippen LogP contribution is -2.15. The molecule has 0 saturated carbocycles. The van der Waals surface area contributed by atoms with Crippen LogP contribution >= 0.6 is 23.2 Å². The van der Waals surface area contributed by atoms with Crippen molar-refractivity contribution in [3.8, 4) is 23.0 Å². The van der Waals surface area contributed by atoms with Crippen LogP contribution in [0.25, 0.3) is 27.8 Å². The molecule has 0 radical (unpaired) electrons. The fourth-order valence-electron chi connectivity index (χ4n) is 4.87. The Morgan fingerprint density at radius 3 is 2.51 bits per heavy atom. The van der Waals surface area contributed by atoms with E-state index in [1.165, 1.54) is 0 Å². The molecule has 168 valence electrons. The van der Waals surface area contributed by atoms with Gasteiger partial charge in [-0.2, -0.15) is 0 Å². The highest BCUT2D eigenvalue weighted by atomic mass is 35.5. The third-order valence-corrected chi connectivity index (χ3v) is 6.95. The van der Waals surface area contributed by atoms with E-state index in [4.69, 9.17) is 32.9 Å². The van der Waals surface area contributed by atoms with Crippen LogP contribution in [-0.2, 0) is 0 Å². The zero-order valence-corrected chi connectivity index (χ0v) is 19.7. The number of nitrogens with zero attached hydrogens (tertiary/aromatic N) is 4. The summed E-state index contributed by atoms with van der Waals surface area (Å²) in [5.74, 6) is 1.67. The van der Waals surface area contributed by atoms with Crippen LogP contribution in [0.3, 0.4) is 0 Å². The second kappa shape index (κ2) is 7.80. The highest BCUT2D eigenvalue weighted by Crippen LogP contribution is 2.50. The number of halogens is 2. The molecule has 0 N–H and O–H groups in total. The number of fused-ring (bicyclic) bond motifs is 6. The van der Waals surface area contributed by atoms with Gasteiger partial charge in [0, 0.05) is 22.1 Å². The minimum atomic E-state index is -0.144. The van der Waals surface area contributed by atoms with E-state index < -0.39 is 0 Å². The molecule has 3 heterocycles. The van der Waals surface area contributed by atoms with Gasteiger partial charge in [-0.05, 0) is 40.6 Å². The monoisotopic (exact) mass is 494 g/mol. The van der Waals surface area contributed by atoms with Gasteiger partial charge in [-0.1, -0.05) is 83.9 Å². The normalized spacial score (nSPS) is 14.5. The molecular formula is C28H16Cl2N4O. The molecule has 5 nitrogen and oxygen atoms in total. The van der Waals surface area contributed by atoms with E-state index >= 15 is 0 Å². The van der Waals surface area contributed by atoms with Gasteiger partial charge in [0.2, 0.25) is 5.88 Å². The molecule has 0 amide bonds. The Balaban J connectivity index is 1.53. The Bertz CT molecular complexity index is 1760. The lowest BCUT2D eigenvalue weighted by molar-refractivity contribution is 0.433. The lowest BCUT2D eigenvalue weighted by atomic mass is 9.81. The topological polar surface area (TPSA) is 52.3 Å². The molecule has 7 heteroatoms. The zero-order chi connectivity index (χ0) is 23.5. The van der Waals surface area contributed by atoms with Crippen molar-refractivity contribution in [2.75, 3.05) is 0 Å². The maximum Gasteiger partial charge on any atom is 0.228 e. The molecule has 1 aliphatic rings. The summed E-state index contributed by atoms with van der Waals surface area (Å²) in [6.07, 6.45) is 1.63. The summed E-state index contributed by atoms with van der Waals surface area (Å²) < 4.78 is 8.05. The first-order valence-corrected chi connectivity index (χ1v) is 11.9. The van der Waals surface area contributed by atoms with Gasteiger partial charge in [0.05, 0.1) is 10.6 Å². The molecule has 2 aromatic heterocycles. The molecule has 0 spiro atoms. The van der Waals surface area contributed by atoms with Gasteiger partial charge in [-0.3, -0.25) is 0 Å². The first-order valence-electron chi connectivity index (χ1n) is 11.1. The smallest absolute Gasteiger partial charge is 0.228 e. The molecule has 1 aliphatic heterocycles. The first kappa shape index (κ1) is 20.4. The Hall–Kier alpha value is -3.93. The predicted octanol–water partition coefficient (Wildman–Crippen LogP) is 7.54. The number of hydrogen-bond donors (Lipinski definition) is 0. The van der Waals surface area contributed by atoms with Crippen LogP contribution in [0.4, 0.5) is 0 Å². The van der Waals surface area contributed by atoms with Gasteiger partial charge in [-0.15, -0.1) is 5.10 Å². The fourth-order valence-corrected chi connectivity index (χ4v) is 5.36. The summed E-state index contributed by atoms with van der Waals surface area (Å²) in [4.78, 5) is 9.55. The minimum Gasteiger partial charge on any atom is -0.438 e. The predicted molar refractivity (Wildman–Crippen MR) is 138 cm³/mol. The van der Waals surface area contributed by atoms with E-state index in [1.807, 2.05) is 36.4 Å². The number of hydrogen-bond acceptors (Lipinski definition) is 4. The first-order chi connectivity index (χ1) is 17.2. The number of aromatic nitrogens is 4. The van der Waals surface area contributed by atoms with Crippen molar-refractivity contribution >= 4 is 39.6 Å². The molecule has 0 saturated heterocycles. The summed E-state index contributed by atoms with van der Waals surface area (Å²) in [6.45, 7) is 0. The third kappa shape index (κ3) is 3.20. The SMILES string of the molecule is Clc1ccc(-c2nc3c4c(ncn3n2)Oc2ccc3ccccc3c2[C@H]4c2ccccc2)c(Cl)c1. The van der Waals surface area contributed by atoms with E-state index in [1.54, 1.807) is 23.0 Å². The third-order valence-electron chi connectivity index (χ3n) is 6.41. The standard InChI is InChI=1S/C28H16Cl2N4O/c29-18-11-12-20(21(30)14-18)26-32-27-25-23(17-7-2-1-3-8-17)24-19-9-5-4-6-16(19)10-13-22(24)35-28(25)31-15-34(27)33-26/h1-15,23H/t23-/m1/s1. The molecule has 35 heavy (non-hydrogen) atoms. The molecular weight excluding hydrogens is 479 g/mol. The highest BCUT2D eigenvalue weighted by Gasteiger charge is 2.34. The average Bonchev–Trinajstić information content (AvgIpc) is 3.32. The zero-order valence-electron chi connectivity index (χ0n) is 18.2. The van der Waals surface area contributed by atoms with Crippen LogP contribution < -0.4 is 4.74 Å². The van der Waals surface area contributed by atoms with E-state index in [0.717, 1.165) is 33.2 Å². The molecule has 7 rings (SSSR count). The van der Waals surface area contributed by atoms with Crippen LogP contribution in [0, 0.1) is 0 Å². The fraction of sp³-hybridized carbons (Fsp3) is 0.0357. The van der Waals surface area contributed by atoms with Crippen molar-refractivity contribution in [3.05, 3.63) is 118 Å². The van der Waals surface area contributed by atoms with Crippen molar-refractivity contribution in [1.82, 2.24) is 19.6 Å². The van der Waals surface area contributed by atoms with Gasteiger partial charge < -0.3 is 4.74 Å². The van der Waals surface area contributed by atoms with Crippen LogP contribution in [-0.4, -0.2) is 19.6 Å². The van der Waals surface area contributed by atoms with Crippen molar-refractivity contribution < 1.29 is 4.74 Å². The largest absolute Gasteiger partial charge is 0.438 e. The van der Waals surface area contributed by atoms with Crippen LogP contribution in [0.2, 0.25) is 10.0 Å². The maximum atomic E-state index is 6.48. The number of rotatable bonds is 2. The van der Waals surface area contributed by atoms with E-state index in [0.29, 0.717) is 33.0 Å².